The van der Waals surface area contributed by atoms with Gasteiger partial charge in [0.05, 0.1) is 31.0 Å². The number of ether oxygens (including phenoxy) is 2. The summed E-state index contributed by atoms with van der Waals surface area (Å²) in [7, 11) is -1.24. The summed E-state index contributed by atoms with van der Waals surface area (Å²) in [4.78, 5) is 12.6. The number of carbonyl (C=O) groups is 1. The van der Waals surface area contributed by atoms with Crippen LogP contribution in [0.2, 0.25) is 0 Å². The van der Waals surface area contributed by atoms with Crippen molar-refractivity contribution in [3.05, 3.63) is 82.8 Å². The van der Waals surface area contributed by atoms with Gasteiger partial charge in [-0.1, -0.05) is 52.3 Å². The highest BCUT2D eigenvalue weighted by Gasteiger charge is 2.28. The highest BCUT2D eigenvalue weighted by Crippen LogP contribution is 2.32. The second-order valence-corrected chi connectivity index (χ2v) is 9.40. The summed E-state index contributed by atoms with van der Waals surface area (Å²) in [5.74, 6) is 0.0437. The SMILES string of the molecule is COc1ccc(S(=O)(=O)N(CC(=O)N/N=C\c2ccccc2Br)c2ccccc2)cc1OC. The van der Waals surface area contributed by atoms with E-state index >= 15 is 0 Å². The van der Waals surface area contributed by atoms with Crippen LogP contribution in [0.4, 0.5) is 5.69 Å². The molecule has 0 aliphatic heterocycles. The summed E-state index contributed by atoms with van der Waals surface area (Å²) in [5.41, 5.74) is 3.47. The van der Waals surface area contributed by atoms with Crippen LogP contribution in [-0.2, 0) is 14.8 Å². The molecular formula is C23H22BrN3O5S. The molecule has 1 amide bonds. The number of amides is 1. The first-order chi connectivity index (χ1) is 15.9. The van der Waals surface area contributed by atoms with Gasteiger partial charge in [0.2, 0.25) is 0 Å². The monoisotopic (exact) mass is 531 g/mol. The van der Waals surface area contributed by atoms with E-state index in [0.29, 0.717) is 11.4 Å². The van der Waals surface area contributed by atoms with Crippen molar-refractivity contribution in [1.82, 2.24) is 5.43 Å². The van der Waals surface area contributed by atoms with Crippen LogP contribution in [0.1, 0.15) is 5.56 Å². The number of halogens is 1. The third kappa shape index (κ3) is 5.91. The number of anilines is 1. The van der Waals surface area contributed by atoms with Gasteiger partial charge in [-0.3, -0.25) is 9.10 Å². The fraction of sp³-hybridized carbons (Fsp3) is 0.130. The molecule has 3 rings (SSSR count). The lowest BCUT2D eigenvalue weighted by Crippen LogP contribution is -2.39. The summed E-state index contributed by atoms with van der Waals surface area (Å²) in [5, 5.41) is 3.94. The van der Waals surface area contributed by atoms with Crippen LogP contribution in [-0.4, -0.2) is 41.3 Å². The fourth-order valence-electron chi connectivity index (χ4n) is 2.93. The summed E-state index contributed by atoms with van der Waals surface area (Å²) in [6.07, 6.45) is 1.47. The third-order valence-electron chi connectivity index (χ3n) is 4.57. The Morgan fingerprint density at radius 1 is 1.00 bits per heavy atom. The number of hydrogen-bond acceptors (Lipinski definition) is 6. The van der Waals surface area contributed by atoms with Gasteiger partial charge in [0.15, 0.2) is 11.5 Å². The van der Waals surface area contributed by atoms with Crippen molar-refractivity contribution in [2.45, 2.75) is 4.90 Å². The number of hydrogen-bond donors (Lipinski definition) is 1. The first-order valence-electron chi connectivity index (χ1n) is 9.73. The van der Waals surface area contributed by atoms with E-state index < -0.39 is 22.5 Å². The van der Waals surface area contributed by atoms with E-state index in [1.54, 1.807) is 30.3 Å². The molecule has 1 N–H and O–H groups in total. The van der Waals surface area contributed by atoms with Crippen molar-refractivity contribution < 1.29 is 22.7 Å². The van der Waals surface area contributed by atoms with Crippen LogP contribution in [0.5, 0.6) is 11.5 Å². The van der Waals surface area contributed by atoms with Crippen LogP contribution in [0.15, 0.2) is 87.3 Å². The summed E-state index contributed by atoms with van der Waals surface area (Å²) < 4.78 is 39.2. The predicted molar refractivity (Wildman–Crippen MR) is 130 cm³/mol. The first kappa shape index (κ1) is 24.3. The zero-order valence-electron chi connectivity index (χ0n) is 17.9. The molecule has 0 radical (unpaired) electrons. The van der Waals surface area contributed by atoms with Gasteiger partial charge in [-0.2, -0.15) is 5.10 Å². The number of carbonyl (C=O) groups excluding carboxylic acids is 1. The van der Waals surface area contributed by atoms with Gasteiger partial charge in [0.1, 0.15) is 6.54 Å². The Labute approximate surface area is 201 Å². The van der Waals surface area contributed by atoms with E-state index in [0.717, 1.165) is 14.3 Å². The van der Waals surface area contributed by atoms with Gasteiger partial charge in [-0.15, -0.1) is 0 Å². The third-order valence-corrected chi connectivity index (χ3v) is 7.06. The smallest absolute Gasteiger partial charge is 0.264 e. The molecule has 0 unspecified atom stereocenters. The number of nitrogens with zero attached hydrogens (tertiary/aromatic N) is 2. The topological polar surface area (TPSA) is 97.3 Å². The maximum atomic E-state index is 13.5. The quantitative estimate of drug-likeness (QED) is 0.334. The summed E-state index contributed by atoms with van der Waals surface area (Å²) >= 11 is 3.40. The average molecular weight is 532 g/mol. The molecule has 10 heteroatoms. The molecule has 0 saturated carbocycles. The van der Waals surface area contributed by atoms with E-state index in [2.05, 4.69) is 26.5 Å². The van der Waals surface area contributed by atoms with Crippen molar-refractivity contribution in [3.8, 4) is 11.5 Å². The van der Waals surface area contributed by atoms with Gasteiger partial charge < -0.3 is 9.47 Å². The molecule has 8 nitrogen and oxygen atoms in total. The largest absolute Gasteiger partial charge is 0.493 e. The molecule has 3 aromatic carbocycles. The number of rotatable bonds is 9. The number of para-hydroxylation sites is 1. The van der Waals surface area contributed by atoms with Crippen molar-refractivity contribution in [2.75, 3.05) is 25.1 Å². The molecule has 0 bridgehead atoms. The number of sulfonamides is 1. The minimum absolute atomic E-state index is 0.0477. The van der Waals surface area contributed by atoms with Crippen LogP contribution in [0.3, 0.4) is 0 Å². The van der Waals surface area contributed by atoms with Crippen molar-refractivity contribution in [1.29, 1.82) is 0 Å². The molecule has 0 aliphatic rings. The van der Waals surface area contributed by atoms with Crippen molar-refractivity contribution in [2.24, 2.45) is 5.10 Å². The molecule has 0 fully saturated rings. The Hall–Kier alpha value is -3.37. The predicted octanol–water partition coefficient (Wildman–Crippen LogP) is 3.81. The Morgan fingerprint density at radius 3 is 2.33 bits per heavy atom. The fourth-order valence-corrected chi connectivity index (χ4v) is 4.76. The van der Waals surface area contributed by atoms with E-state index in [1.807, 2.05) is 24.3 Å². The lowest BCUT2D eigenvalue weighted by atomic mass is 10.2. The molecule has 172 valence electrons. The molecule has 0 atom stereocenters. The molecule has 33 heavy (non-hydrogen) atoms. The van der Waals surface area contributed by atoms with Crippen molar-refractivity contribution >= 4 is 43.8 Å². The van der Waals surface area contributed by atoms with Gasteiger partial charge in [-0.05, 0) is 30.3 Å². The average Bonchev–Trinajstić information content (AvgIpc) is 2.83. The zero-order chi connectivity index (χ0) is 23.8. The molecule has 0 saturated heterocycles. The first-order valence-corrected chi connectivity index (χ1v) is 12.0. The van der Waals surface area contributed by atoms with E-state index in [-0.39, 0.29) is 10.6 Å². The Morgan fingerprint density at radius 2 is 1.67 bits per heavy atom. The van der Waals surface area contributed by atoms with Crippen LogP contribution in [0, 0.1) is 0 Å². The standard InChI is InChI=1S/C23H22BrN3O5S/c1-31-21-13-12-19(14-22(21)32-2)33(29,30)27(18-9-4-3-5-10-18)16-23(28)26-25-15-17-8-6-7-11-20(17)24/h3-15H,16H2,1-2H3,(H,26,28)/b25-15-. The second-order valence-electron chi connectivity index (χ2n) is 6.68. The van der Waals surface area contributed by atoms with E-state index in [4.69, 9.17) is 9.47 Å². The molecular weight excluding hydrogens is 510 g/mol. The number of nitrogens with one attached hydrogen (secondary N) is 1. The van der Waals surface area contributed by atoms with Gasteiger partial charge in [-0.25, -0.2) is 13.8 Å². The molecule has 0 spiro atoms. The Kier molecular flexibility index (Phi) is 8.07. The van der Waals surface area contributed by atoms with Gasteiger partial charge in [0, 0.05) is 16.1 Å². The normalized spacial score (nSPS) is 11.2. The van der Waals surface area contributed by atoms with E-state index in [1.165, 1.54) is 38.6 Å². The molecule has 0 aliphatic carbocycles. The van der Waals surface area contributed by atoms with Gasteiger partial charge >= 0.3 is 0 Å². The highest BCUT2D eigenvalue weighted by atomic mass is 79.9. The van der Waals surface area contributed by atoms with E-state index in [9.17, 15) is 13.2 Å². The van der Waals surface area contributed by atoms with Gasteiger partial charge in [0.25, 0.3) is 15.9 Å². The minimum Gasteiger partial charge on any atom is -0.493 e. The number of methoxy groups -OCH3 is 2. The number of hydrazone groups is 1. The Bertz CT molecular complexity index is 1250. The lowest BCUT2D eigenvalue weighted by molar-refractivity contribution is -0.119. The summed E-state index contributed by atoms with van der Waals surface area (Å²) in [6, 6.07) is 20.0. The second kappa shape index (κ2) is 11.0. The van der Waals surface area contributed by atoms with Crippen LogP contribution in [0.25, 0.3) is 0 Å². The summed E-state index contributed by atoms with van der Waals surface area (Å²) in [6.45, 7) is -0.478. The molecule has 0 heterocycles. The van der Waals surface area contributed by atoms with Crippen LogP contribution >= 0.6 is 15.9 Å². The van der Waals surface area contributed by atoms with Crippen molar-refractivity contribution in [3.63, 3.8) is 0 Å². The van der Waals surface area contributed by atoms with Crippen LogP contribution < -0.4 is 19.2 Å². The molecule has 0 aromatic heterocycles. The minimum atomic E-state index is -4.11. The maximum absolute atomic E-state index is 13.5. The Balaban J connectivity index is 1.88. The number of benzene rings is 3. The molecule has 3 aromatic rings. The highest BCUT2D eigenvalue weighted by molar-refractivity contribution is 9.10. The lowest BCUT2D eigenvalue weighted by Gasteiger charge is -2.24. The zero-order valence-corrected chi connectivity index (χ0v) is 20.3. The maximum Gasteiger partial charge on any atom is 0.264 e.